The van der Waals surface area contributed by atoms with E-state index in [2.05, 4.69) is 9.97 Å². The first-order valence-electron chi connectivity index (χ1n) is 5.90. The molecule has 0 saturated heterocycles. The van der Waals surface area contributed by atoms with Gasteiger partial charge < -0.3 is 0 Å². The van der Waals surface area contributed by atoms with Crippen molar-refractivity contribution < 1.29 is 4.92 Å². The highest BCUT2D eigenvalue weighted by atomic mass is 35.5. The van der Waals surface area contributed by atoms with Gasteiger partial charge in [-0.2, -0.15) is 0 Å². The molecule has 0 aliphatic rings. The van der Waals surface area contributed by atoms with E-state index in [0.29, 0.717) is 32.1 Å². The number of halogens is 2. The lowest BCUT2D eigenvalue weighted by Crippen LogP contribution is -1.93. The van der Waals surface area contributed by atoms with Crippen LogP contribution in [0.5, 0.6) is 0 Å². The molecule has 0 atom stereocenters. The van der Waals surface area contributed by atoms with E-state index < -0.39 is 4.92 Å². The Morgan fingerprint density at radius 3 is 2.43 bits per heavy atom. The summed E-state index contributed by atoms with van der Waals surface area (Å²) in [5, 5.41) is 13.1. The van der Waals surface area contributed by atoms with Gasteiger partial charge >= 0.3 is 0 Å². The van der Waals surface area contributed by atoms with Gasteiger partial charge in [-0.05, 0) is 24.3 Å². The molecule has 0 fully saturated rings. The monoisotopic (exact) mass is 319 g/mol. The number of aromatic nitrogens is 2. The Hall–Kier alpha value is -2.24. The van der Waals surface area contributed by atoms with E-state index in [4.69, 9.17) is 23.2 Å². The van der Waals surface area contributed by atoms with Crippen molar-refractivity contribution in [1.29, 1.82) is 0 Å². The van der Waals surface area contributed by atoms with E-state index in [1.54, 1.807) is 30.5 Å². The SMILES string of the molecule is O=[N+]([O-])c1cncc2c(-c3cc(Cl)cc(Cl)c3)nccc12. The number of nitro groups is 1. The standard InChI is InChI=1S/C14H7Cl2N3O2/c15-9-3-8(4-10(16)5-9)14-12-6-17-7-13(19(20)21)11(12)1-2-18-14/h1-7H. The molecular weight excluding hydrogens is 313 g/mol. The smallest absolute Gasteiger partial charge is 0.258 e. The van der Waals surface area contributed by atoms with Crippen LogP contribution in [0.15, 0.2) is 42.9 Å². The lowest BCUT2D eigenvalue weighted by atomic mass is 10.1. The highest BCUT2D eigenvalue weighted by molar-refractivity contribution is 6.35. The molecule has 0 saturated carbocycles. The van der Waals surface area contributed by atoms with Crippen LogP contribution in [-0.2, 0) is 0 Å². The van der Waals surface area contributed by atoms with Crippen LogP contribution in [-0.4, -0.2) is 14.9 Å². The number of benzene rings is 1. The van der Waals surface area contributed by atoms with Crippen molar-refractivity contribution >= 4 is 39.7 Å². The largest absolute Gasteiger partial charge is 0.295 e. The van der Waals surface area contributed by atoms with Crippen LogP contribution in [0, 0.1) is 10.1 Å². The molecule has 3 aromatic rings. The van der Waals surface area contributed by atoms with Crippen molar-refractivity contribution in [3.63, 3.8) is 0 Å². The zero-order valence-corrected chi connectivity index (χ0v) is 12.0. The Kier molecular flexibility index (Phi) is 3.45. The van der Waals surface area contributed by atoms with Crippen LogP contribution in [0.4, 0.5) is 5.69 Å². The Bertz CT molecular complexity index is 848. The maximum absolute atomic E-state index is 11.1. The normalized spacial score (nSPS) is 10.8. The average molecular weight is 320 g/mol. The fourth-order valence-electron chi connectivity index (χ4n) is 2.15. The van der Waals surface area contributed by atoms with Gasteiger partial charge in [0.15, 0.2) is 0 Å². The first kappa shape index (κ1) is 13.7. The highest BCUT2D eigenvalue weighted by Gasteiger charge is 2.15. The number of fused-ring (bicyclic) bond motifs is 1. The van der Waals surface area contributed by atoms with E-state index in [9.17, 15) is 10.1 Å². The van der Waals surface area contributed by atoms with Crippen molar-refractivity contribution in [2.45, 2.75) is 0 Å². The maximum atomic E-state index is 11.1. The molecule has 3 rings (SSSR count). The molecule has 104 valence electrons. The van der Waals surface area contributed by atoms with Crippen molar-refractivity contribution in [2.24, 2.45) is 0 Å². The highest BCUT2D eigenvalue weighted by Crippen LogP contribution is 2.33. The predicted molar refractivity (Wildman–Crippen MR) is 81.6 cm³/mol. The Labute approximate surface area is 129 Å². The van der Waals surface area contributed by atoms with E-state index in [1.807, 2.05) is 0 Å². The zero-order chi connectivity index (χ0) is 15.0. The lowest BCUT2D eigenvalue weighted by Gasteiger charge is -2.07. The molecule has 21 heavy (non-hydrogen) atoms. The van der Waals surface area contributed by atoms with Crippen LogP contribution < -0.4 is 0 Å². The summed E-state index contributed by atoms with van der Waals surface area (Å²) in [5.74, 6) is 0. The fraction of sp³-hybridized carbons (Fsp3) is 0. The van der Waals surface area contributed by atoms with Gasteiger partial charge in [0.05, 0.1) is 16.0 Å². The van der Waals surface area contributed by atoms with Crippen molar-refractivity contribution in [3.05, 3.63) is 63.0 Å². The van der Waals surface area contributed by atoms with Gasteiger partial charge in [-0.3, -0.25) is 20.1 Å². The van der Waals surface area contributed by atoms with E-state index in [0.717, 1.165) is 0 Å². The Morgan fingerprint density at radius 2 is 1.76 bits per heavy atom. The molecule has 0 spiro atoms. The maximum Gasteiger partial charge on any atom is 0.295 e. The second-order valence-electron chi connectivity index (χ2n) is 4.33. The summed E-state index contributed by atoms with van der Waals surface area (Å²) in [7, 11) is 0. The minimum absolute atomic E-state index is 0.0655. The molecular formula is C14H7Cl2N3O2. The van der Waals surface area contributed by atoms with Crippen molar-refractivity contribution in [1.82, 2.24) is 9.97 Å². The van der Waals surface area contributed by atoms with Crippen LogP contribution in [0.2, 0.25) is 10.0 Å². The molecule has 1 aromatic carbocycles. The van der Waals surface area contributed by atoms with Gasteiger partial charge in [0.2, 0.25) is 0 Å². The van der Waals surface area contributed by atoms with Gasteiger partial charge in [-0.1, -0.05) is 23.2 Å². The van der Waals surface area contributed by atoms with Crippen LogP contribution in [0.1, 0.15) is 0 Å². The molecule has 0 radical (unpaired) electrons. The molecule has 2 heterocycles. The number of hydrogen-bond donors (Lipinski definition) is 0. The third kappa shape index (κ3) is 2.53. The predicted octanol–water partition coefficient (Wildman–Crippen LogP) is 4.51. The summed E-state index contributed by atoms with van der Waals surface area (Å²) >= 11 is 12.0. The van der Waals surface area contributed by atoms with Crippen LogP contribution in [0.25, 0.3) is 22.0 Å². The summed E-state index contributed by atoms with van der Waals surface area (Å²) in [5.41, 5.74) is 1.16. The zero-order valence-electron chi connectivity index (χ0n) is 10.5. The Balaban J connectivity index is 2.33. The third-order valence-electron chi connectivity index (χ3n) is 3.00. The first-order chi connectivity index (χ1) is 10.1. The molecule has 0 aliphatic heterocycles. The number of hydrogen-bond acceptors (Lipinski definition) is 4. The molecule has 0 amide bonds. The van der Waals surface area contributed by atoms with Crippen molar-refractivity contribution in [3.8, 4) is 11.3 Å². The molecule has 5 nitrogen and oxygen atoms in total. The second kappa shape index (κ2) is 5.27. The molecule has 0 unspecified atom stereocenters. The van der Waals surface area contributed by atoms with Gasteiger partial charge in [-0.25, -0.2) is 0 Å². The quantitative estimate of drug-likeness (QED) is 0.514. The molecule has 0 bridgehead atoms. The minimum atomic E-state index is -0.468. The first-order valence-corrected chi connectivity index (χ1v) is 6.65. The van der Waals surface area contributed by atoms with Crippen LogP contribution in [0.3, 0.4) is 0 Å². The van der Waals surface area contributed by atoms with Gasteiger partial charge in [-0.15, -0.1) is 0 Å². The molecule has 0 aliphatic carbocycles. The number of pyridine rings is 2. The number of nitrogens with zero attached hydrogens (tertiary/aromatic N) is 3. The van der Waals surface area contributed by atoms with Gasteiger partial charge in [0.1, 0.15) is 6.20 Å². The summed E-state index contributed by atoms with van der Waals surface area (Å²) in [6.45, 7) is 0. The number of rotatable bonds is 2. The Morgan fingerprint density at radius 1 is 1.05 bits per heavy atom. The minimum Gasteiger partial charge on any atom is -0.258 e. The van der Waals surface area contributed by atoms with E-state index in [-0.39, 0.29) is 5.69 Å². The summed E-state index contributed by atoms with van der Waals surface area (Å²) in [6, 6.07) is 6.60. The molecule has 0 N–H and O–H groups in total. The van der Waals surface area contributed by atoms with Crippen LogP contribution >= 0.6 is 23.2 Å². The molecule has 7 heteroatoms. The average Bonchev–Trinajstić information content (AvgIpc) is 2.44. The third-order valence-corrected chi connectivity index (χ3v) is 3.44. The second-order valence-corrected chi connectivity index (χ2v) is 5.20. The summed E-state index contributed by atoms with van der Waals surface area (Å²) < 4.78 is 0. The summed E-state index contributed by atoms with van der Waals surface area (Å²) in [6.07, 6.45) is 4.27. The fourth-order valence-corrected chi connectivity index (χ4v) is 2.67. The van der Waals surface area contributed by atoms with Gasteiger partial charge in [0.25, 0.3) is 5.69 Å². The summed E-state index contributed by atoms with van der Waals surface area (Å²) in [4.78, 5) is 18.8. The van der Waals surface area contributed by atoms with Gasteiger partial charge in [0, 0.05) is 33.4 Å². The lowest BCUT2D eigenvalue weighted by molar-refractivity contribution is -0.383. The van der Waals surface area contributed by atoms with Crippen molar-refractivity contribution in [2.75, 3.05) is 0 Å². The molecule has 2 aromatic heterocycles. The topological polar surface area (TPSA) is 68.9 Å². The van der Waals surface area contributed by atoms with E-state index in [1.165, 1.54) is 12.4 Å². The van der Waals surface area contributed by atoms with E-state index >= 15 is 0 Å².